The number of aromatic amines is 1. The fourth-order valence-electron chi connectivity index (χ4n) is 2.88. The molecule has 1 N–H and O–H groups in total. The van der Waals surface area contributed by atoms with Crippen LogP contribution in [0.3, 0.4) is 0 Å². The molecule has 4 rings (SSSR count). The average molecular weight is 387 g/mol. The van der Waals surface area contributed by atoms with Gasteiger partial charge in [-0.25, -0.2) is 4.68 Å². The van der Waals surface area contributed by atoms with Crippen molar-refractivity contribution in [1.82, 2.24) is 30.1 Å². The van der Waals surface area contributed by atoms with E-state index in [9.17, 15) is 4.79 Å². The highest BCUT2D eigenvalue weighted by molar-refractivity contribution is 9.10. The molecule has 122 valence electrons. The Hall–Kier alpha value is -2.48. The van der Waals surface area contributed by atoms with Crippen molar-refractivity contribution >= 4 is 21.8 Å². The number of nitrogens with one attached hydrogen (secondary N) is 1. The van der Waals surface area contributed by atoms with Gasteiger partial charge in [0.1, 0.15) is 0 Å². The molecule has 0 bridgehead atoms. The van der Waals surface area contributed by atoms with E-state index < -0.39 is 0 Å². The summed E-state index contributed by atoms with van der Waals surface area (Å²) >= 11 is 3.48. The molecule has 8 heteroatoms. The number of rotatable bonds is 2. The van der Waals surface area contributed by atoms with Crippen molar-refractivity contribution in [3.8, 4) is 5.69 Å². The second kappa shape index (κ2) is 5.86. The number of amides is 1. The van der Waals surface area contributed by atoms with E-state index in [-0.39, 0.29) is 5.91 Å². The van der Waals surface area contributed by atoms with Crippen molar-refractivity contribution in [3.05, 3.63) is 57.6 Å². The zero-order chi connectivity index (χ0) is 16.7. The Labute approximate surface area is 146 Å². The fourth-order valence-corrected chi connectivity index (χ4v) is 3.35. The van der Waals surface area contributed by atoms with Crippen molar-refractivity contribution in [2.24, 2.45) is 0 Å². The van der Waals surface area contributed by atoms with Crippen LogP contribution in [0.15, 0.2) is 34.9 Å². The van der Waals surface area contributed by atoms with Crippen molar-refractivity contribution in [3.63, 3.8) is 0 Å². The molecular formula is C16H15BrN6O. The molecule has 0 unspecified atom stereocenters. The van der Waals surface area contributed by atoms with Crippen LogP contribution in [0, 0.1) is 6.92 Å². The van der Waals surface area contributed by atoms with Crippen LogP contribution in [0.2, 0.25) is 0 Å². The summed E-state index contributed by atoms with van der Waals surface area (Å²) in [7, 11) is 0. The van der Waals surface area contributed by atoms with Gasteiger partial charge in [0.25, 0.3) is 5.91 Å². The molecule has 1 aromatic carbocycles. The number of benzene rings is 1. The summed E-state index contributed by atoms with van der Waals surface area (Å²) in [6.45, 7) is 3.17. The van der Waals surface area contributed by atoms with Crippen LogP contribution in [0.5, 0.6) is 0 Å². The van der Waals surface area contributed by atoms with Crippen LogP contribution in [-0.2, 0) is 13.0 Å². The molecular weight excluding hydrogens is 372 g/mol. The average Bonchev–Trinajstić information content (AvgIpc) is 3.22. The summed E-state index contributed by atoms with van der Waals surface area (Å²) in [5.74, 6) is -0.112. The molecule has 1 aliphatic rings. The van der Waals surface area contributed by atoms with E-state index in [1.165, 1.54) is 0 Å². The molecule has 3 heterocycles. The monoisotopic (exact) mass is 386 g/mol. The molecule has 1 aliphatic heterocycles. The molecule has 0 atom stereocenters. The van der Waals surface area contributed by atoms with E-state index in [4.69, 9.17) is 0 Å². The Bertz CT molecular complexity index is 915. The Balaban J connectivity index is 1.58. The molecule has 0 spiro atoms. The lowest BCUT2D eigenvalue weighted by molar-refractivity contribution is 0.0728. The number of halogens is 1. The lowest BCUT2D eigenvalue weighted by Gasteiger charge is -2.25. The Kier molecular flexibility index (Phi) is 3.68. The number of carbonyl (C=O) groups excluding carboxylic acids is 1. The molecule has 0 saturated carbocycles. The predicted octanol–water partition coefficient (Wildman–Crippen LogP) is 2.26. The number of para-hydroxylation sites is 1. The zero-order valence-corrected chi connectivity index (χ0v) is 14.6. The second-order valence-electron chi connectivity index (χ2n) is 5.75. The zero-order valence-electron chi connectivity index (χ0n) is 13.0. The number of aryl methyl sites for hydroxylation is 1. The normalized spacial score (nSPS) is 13.8. The smallest absolute Gasteiger partial charge is 0.276 e. The summed E-state index contributed by atoms with van der Waals surface area (Å²) in [5, 5.41) is 15.4. The fraction of sp³-hybridized carbons (Fsp3) is 0.250. The Morgan fingerprint density at radius 2 is 2.17 bits per heavy atom. The predicted molar refractivity (Wildman–Crippen MR) is 90.8 cm³/mol. The van der Waals surface area contributed by atoms with Gasteiger partial charge in [0, 0.05) is 35.2 Å². The van der Waals surface area contributed by atoms with E-state index in [2.05, 4.69) is 36.4 Å². The van der Waals surface area contributed by atoms with Gasteiger partial charge in [-0.15, -0.1) is 5.10 Å². The molecule has 1 amide bonds. The molecule has 0 aliphatic carbocycles. The van der Waals surface area contributed by atoms with Crippen molar-refractivity contribution < 1.29 is 4.79 Å². The lowest BCUT2D eigenvalue weighted by atomic mass is 10.1. The van der Waals surface area contributed by atoms with Crippen LogP contribution in [0.25, 0.3) is 5.69 Å². The maximum atomic E-state index is 12.7. The van der Waals surface area contributed by atoms with Gasteiger partial charge in [-0.2, -0.15) is 5.10 Å². The van der Waals surface area contributed by atoms with Crippen LogP contribution >= 0.6 is 15.9 Å². The van der Waals surface area contributed by atoms with Crippen LogP contribution in [-0.4, -0.2) is 42.5 Å². The summed E-state index contributed by atoms with van der Waals surface area (Å²) in [5.41, 5.74) is 4.35. The SMILES string of the molecule is Cc1[nH]nc2c1CN(C(=O)c1cn(-c3ccccc3Br)nn1)CC2. The lowest BCUT2D eigenvalue weighted by Crippen LogP contribution is -2.36. The molecule has 24 heavy (non-hydrogen) atoms. The van der Waals surface area contributed by atoms with Gasteiger partial charge in [-0.3, -0.25) is 9.89 Å². The van der Waals surface area contributed by atoms with E-state index in [1.54, 1.807) is 15.8 Å². The van der Waals surface area contributed by atoms with Gasteiger partial charge >= 0.3 is 0 Å². The quantitative estimate of drug-likeness (QED) is 0.732. The number of hydrogen-bond acceptors (Lipinski definition) is 4. The van der Waals surface area contributed by atoms with Crippen molar-refractivity contribution in [1.29, 1.82) is 0 Å². The highest BCUT2D eigenvalue weighted by atomic mass is 79.9. The van der Waals surface area contributed by atoms with Crippen LogP contribution in [0.1, 0.15) is 27.4 Å². The number of nitrogens with zero attached hydrogens (tertiary/aromatic N) is 5. The molecule has 0 radical (unpaired) electrons. The molecule has 3 aromatic rings. The molecule has 2 aromatic heterocycles. The topological polar surface area (TPSA) is 79.7 Å². The first-order valence-electron chi connectivity index (χ1n) is 7.62. The molecule has 0 fully saturated rings. The van der Waals surface area contributed by atoms with Crippen LogP contribution in [0.4, 0.5) is 0 Å². The number of aromatic nitrogens is 5. The first kappa shape index (κ1) is 15.1. The molecule has 7 nitrogen and oxygen atoms in total. The summed E-state index contributed by atoms with van der Waals surface area (Å²) in [6, 6.07) is 7.67. The highest BCUT2D eigenvalue weighted by Crippen LogP contribution is 2.22. The van der Waals surface area contributed by atoms with Crippen molar-refractivity contribution in [2.75, 3.05) is 6.54 Å². The Morgan fingerprint density at radius 1 is 1.33 bits per heavy atom. The largest absolute Gasteiger partial charge is 0.332 e. The first-order chi connectivity index (χ1) is 11.6. The minimum Gasteiger partial charge on any atom is -0.332 e. The standard InChI is InChI=1S/C16H15BrN6O/c1-10-11-8-22(7-6-13(11)19-18-10)16(24)14-9-23(21-20-14)15-5-3-2-4-12(15)17/h2-5,9H,6-8H2,1H3,(H,18,19). The molecule has 0 saturated heterocycles. The summed E-state index contributed by atoms with van der Waals surface area (Å²) in [4.78, 5) is 14.5. The van der Waals surface area contributed by atoms with E-state index in [0.717, 1.165) is 33.5 Å². The van der Waals surface area contributed by atoms with Gasteiger partial charge in [0.05, 0.1) is 17.6 Å². The second-order valence-corrected chi connectivity index (χ2v) is 6.60. The highest BCUT2D eigenvalue weighted by Gasteiger charge is 2.26. The minimum absolute atomic E-state index is 0.112. The van der Waals surface area contributed by atoms with Crippen molar-refractivity contribution in [2.45, 2.75) is 19.9 Å². The van der Waals surface area contributed by atoms with Crippen LogP contribution < -0.4 is 0 Å². The van der Waals surface area contributed by atoms with Gasteiger partial charge in [-0.1, -0.05) is 17.3 Å². The van der Waals surface area contributed by atoms with E-state index in [0.29, 0.717) is 18.8 Å². The summed E-state index contributed by atoms with van der Waals surface area (Å²) in [6.07, 6.45) is 2.42. The van der Waals surface area contributed by atoms with Gasteiger partial charge in [-0.05, 0) is 35.0 Å². The maximum absolute atomic E-state index is 12.7. The minimum atomic E-state index is -0.112. The van der Waals surface area contributed by atoms with Gasteiger partial charge in [0.15, 0.2) is 5.69 Å². The summed E-state index contributed by atoms with van der Waals surface area (Å²) < 4.78 is 2.50. The van der Waals surface area contributed by atoms with E-state index >= 15 is 0 Å². The third-order valence-electron chi connectivity index (χ3n) is 4.23. The third kappa shape index (κ3) is 2.52. The number of H-pyrrole nitrogens is 1. The third-order valence-corrected chi connectivity index (χ3v) is 4.90. The van der Waals surface area contributed by atoms with Gasteiger partial charge in [0.2, 0.25) is 0 Å². The number of carbonyl (C=O) groups is 1. The number of hydrogen-bond donors (Lipinski definition) is 1. The number of fused-ring (bicyclic) bond motifs is 1. The van der Waals surface area contributed by atoms with E-state index in [1.807, 2.05) is 31.2 Å². The van der Waals surface area contributed by atoms with Gasteiger partial charge < -0.3 is 4.90 Å². The first-order valence-corrected chi connectivity index (χ1v) is 8.42. The maximum Gasteiger partial charge on any atom is 0.276 e. The Morgan fingerprint density at radius 3 is 3.00 bits per heavy atom.